The number of hydrogen-bond donors (Lipinski definition) is 2. The lowest BCUT2D eigenvalue weighted by molar-refractivity contribution is 0.0946. The van der Waals surface area contributed by atoms with Crippen LogP contribution < -0.4 is 5.32 Å². The number of carbonyl (C=O) groups is 1. The highest BCUT2D eigenvalue weighted by atomic mass is 35.5. The molecule has 4 nitrogen and oxygen atoms in total. The zero-order chi connectivity index (χ0) is 13.9. The summed E-state index contributed by atoms with van der Waals surface area (Å²) in [6.07, 6.45) is 1.70. The molecule has 2 heterocycles. The van der Waals surface area contributed by atoms with E-state index >= 15 is 0 Å². The van der Waals surface area contributed by atoms with Crippen LogP contribution in [0, 0.1) is 0 Å². The first-order valence-electron chi connectivity index (χ1n) is 6.19. The lowest BCUT2D eigenvalue weighted by Gasteiger charge is -2.02. The molecular formula is C15H12ClN3O. The minimum Gasteiger partial charge on any atom is -0.349 e. The molecule has 0 unspecified atom stereocenters. The Morgan fingerprint density at radius 2 is 2.15 bits per heavy atom. The highest BCUT2D eigenvalue weighted by Gasteiger charge is 2.10. The largest absolute Gasteiger partial charge is 0.349 e. The number of nitrogens with one attached hydrogen (secondary N) is 2. The van der Waals surface area contributed by atoms with Crippen molar-refractivity contribution in [2.75, 3.05) is 0 Å². The second kappa shape index (κ2) is 5.35. The molecule has 0 radical (unpaired) electrons. The molecule has 0 atom stereocenters. The van der Waals surface area contributed by atoms with Gasteiger partial charge in [-0.1, -0.05) is 29.8 Å². The van der Waals surface area contributed by atoms with Gasteiger partial charge in [0.1, 0.15) is 5.69 Å². The zero-order valence-electron chi connectivity index (χ0n) is 10.6. The van der Waals surface area contributed by atoms with Crippen molar-refractivity contribution in [2.24, 2.45) is 0 Å². The van der Waals surface area contributed by atoms with Crippen LogP contribution in [0.1, 0.15) is 16.2 Å². The predicted octanol–water partition coefficient (Wildman–Crippen LogP) is 3.15. The van der Waals surface area contributed by atoms with Crippen LogP contribution in [-0.4, -0.2) is 15.9 Å². The van der Waals surface area contributed by atoms with Gasteiger partial charge in [-0.05, 0) is 24.3 Å². The highest BCUT2D eigenvalue weighted by molar-refractivity contribution is 6.35. The van der Waals surface area contributed by atoms with Crippen LogP contribution in [-0.2, 0) is 6.54 Å². The second-order valence-corrected chi connectivity index (χ2v) is 4.80. The average molecular weight is 286 g/mol. The van der Waals surface area contributed by atoms with Gasteiger partial charge in [0.25, 0.3) is 5.91 Å². The van der Waals surface area contributed by atoms with E-state index < -0.39 is 0 Å². The SMILES string of the molecule is O=C(NCc1ccccn1)c1cc2cccc(Cl)c2[nH]1. The van der Waals surface area contributed by atoms with Gasteiger partial charge in [0, 0.05) is 11.6 Å². The summed E-state index contributed by atoms with van der Waals surface area (Å²) in [5, 5.41) is 4.34. The molecule has 2 aromatic heterocycles. The molecule has 20 heavy (non-hydrogen) atoms. The van der Waals surface area contributed by atoms with Gasteiger partial charge in [0.15, 0.2) is 0 Å². The normalized spacial score (nSPS) is 10.7. The molecule has 1 aromatic carbocycles. The van der Waals surface area contributed by atoms with Gasteiger partial charge in [-0.25, -0.2) is 0 Å². The van der Waals surface area contributed by atoms with Gasteiger partial charge < -0.3 is 10.3 Å². The monoisotopic (exact) mass is 285 g/mol. The van der Waals surface area contributed by atoms with Crippen molar-refractivity contribution in [3.05, 3.63) is 65.1 Å². The fourth-order valence-corrected chi connectivity index (χ4v) is 2.24. The van der Waals surface area contributed by atoms with Gasteiger partial charge >= 0.3 is 0 Å². The van der Waals surface area contributed by atoms with E-state index in [0.29, 0.717) is 17.3 Å². The van der Waals surface area contributed by atoms with Crippen molar-refractivity contribution < 1.29 is 4.79 Å². The molecule has 5 heteroatoms. The number of halogens is 1. The molecular weight excluding hydrogens is 274 g/mol. The van der Waals surface area contributed by atoms with Gasteiger partial charge in [-0.15, -0.1) is 0 Å². The van der Waals surface area contributed by atoms with Crippen LogP contribution >= 0.6 is 11.6 Å². The van der Waals surface area contributed by atoms with E-state index in [9.17, 15) is 4.79 Å². The third kappa shape index (κ3) is 2.51. The molecule has 0 saturated heterocycles. The number of fused-ring (bicyclic) bond motifs is 1. The Morgan fingerprint density at radius 1 is 1.25 bits per heavy atom. The summed E-state index contributed by atoms with van der Waals surface area (Å²) in [7, 11) is 0. The fourth-order valence-electron chi connectivity index (χ4n) is 2.01. The molecule has 0 aliphatic carbocycles. The fraction of sp³-hybridized carbons (Fsp3) is 0.0667. The lowest BCUT2D eigenvalue weighted by atomic mass is 10.2. The number of aromatic nitrogens is 2. The quantitative estimate of drug-likeness (QED) is 0.777. The molecule has 3 aromatic rings. The Kier molecular flexibility index (Phi) is 3.39. The van der Waals surface area contributed by atoms with Gasteiger partial charge in [0.05, 0.1) is 22.8 Å². The Balaban J connectivity index is 1.77. The molecule has 0 aliphatic heterocycles. The van der Waals surface area contributed by atoms with Gasteiger partial charge in [0.2, 0.25) is 0 Å². The Labute approximate surface area is 120 Å². The first-order valence-corrected chi connectivity index (χ1v) is 6.57. The van der Waals surface area contributed by atoms with Crippen LogP contribution in [0.15, 0.2) is 48.7 Å². The number of para-hydroxylation sites is 1. The third-order valence-electron chi connectivity index (χ3n) is 3.01. The standard InChI is InChI=1S/C15H12ClN3O/c16-12-6-3-4-10-8-13(19-14(10)12)15(20)18-9-11-5-1-2-7-17-11/h1-8,19H,9H2,(H,18,20). The van der Waals surface area contributed by atoms with Crippen LogP contribution in [0.2, 0.25) is 5.02 Å². The molecule has 3 rings (SSSR count). The van der Waals surface area contributed by atoms with E-state index in [1.165, 1.54) is 0 Å². The maximum absolute atomic E-state index is 12.1. The second-order valence-electron chi connectivity index (χ2n) is 4.39. The number of benzene rings is 1. The van der Waals surface area contributed by atoms with Gasteiger partial charge in [-0.3, -0.25) is 9.78 Å². The molecule has 0 saturated carbocycles. The molecule has 0 bridgehead atoms. The van der Waals surface area contributed by atoms with E-state index in [0.717, 1.165) is 16.6 Å². The van der Waals surface area contributed by atoms with Crippen molar-refractivity contribution >= 4 is 28.4 Å². The Morgan fingerprint density at radius 3 is 2.90 bits per heavy atom. The number of nitrogens with zero attached hydrogens (tertiary/aromatic N) is 1. The molecule has 0 spiro atoms. The van der Waals surface area contributed by atoms with Crippen molar-refractivity contribution in [3.8, 4) is 0 Å². The van der Waals surface area contributed by atoms with Crippen LogP contribution in [0.3, 0.4) is 0 Å². The zero-order valence-corrected chi connectivity index (χ0v) is 11.3. The highest BCUT2D eigenvalue weighted by Crippen LogP contribution is 2.23. The van der Waals surface area contributed by atoms with Crippen LogP contribution in [0.25, 0.3) is 10.9 Å². The molecule has 0 fully saturated rings. The van der Waals surface area contributed by atoms with Crippen molar-refractivity contribution in [2.45, 2.75) is 6.54 Å². The summed E-state index contributed by atoms with van der Waals surface area (Å²) in [6, 6.07) is 12.9. The Bertz CT molecular complexity index is 752. The molecule has 2 N–H and O–H groups in total. The molecule has 0 aliphatic rings. The molecule has 1 amide bonds. The van der Waals surface area contributed by atoms with E-state index in [1.807, 2.05) is 30.3 Å². The smallest absolute Gasteiger partial charge is 0.268 e. The number of rotatable bonds is 3. The summed E-state index contributed by atoms with van der Waals surface area (Å²) in [5.74, 6) is -0.178. The number of carbonyl (C=O) groups excluding carboxylic acids is 1. The van der Waals surface area contributed by atoms with E-state index in [2.05, 4.69) is 15.3 Å². The maximum atomic E-state index is 12.1. The predicted molar refractivity (Wildman–Crippen MR) is 78.7 cm³/mol. The first kappa shape index (κ1) is 12.7. The van der Waals surface area contributed by atoms with E-state index in [4.69, 9.17) is 11.6 Å². The van der Waals surface area contributed by atoms with Crippen LogP contribution in [0.5, 0.6) is 0 Å². The lowest BCUT2D eigenvalue weighted by Crippen LogP contribution is -2.23. The van der Waals surface area contributed by atoms with Gasteiger partial charge in [-0.2, -0.15) is 0 Å². The summed E-state index contributed by atoms with van der Waals surface area (Å²) in [4.78, 5) is 19.3. The van der Waals surface area contributed by atoms with Crippen molar-refractivity contribution in [3.63, 3.8) is 0 Å². The minimum absolute atomic E-state index is 0.178. The number of H-pyrrole nitrogens is 1. The maximum Gasteiger partial charge on any atom is 0.268 e. The van der Waals surface area contributed by atoms with Crippen molar-refractivity contribution in [1.29, 1.82) is 0 Å². The van der Waals surface area contributed by atoms with Crippen molar-refractivity contribution in [1.82, 2.24) is 15.3 Å². The van der Waals surface area contributed by atoms with E-state index in [-0.39, 0.29) is 5.91 Å². The average Bonchev–Trinajstić information content (AvgIpc) is 2.91. The summed E-state index contributed by atoms with van der Waals surface area (Å²) in [5.41, 5.74) is 2.08. The summed E-state index contributed by atoms with van der Waals surface area (Å²) < 4.78 is 0. The first-order chi connectivity index (χ1) is 9.74. The number of pyridine rings is 1. The topological polar surface area (TPSA) is 57.8 Å². The third-order valence-corrected chi connectivity index (χ3v) is 3.32. The number of hydrogen-bond acceptors (Lipinski definition) is 2. The number of amides is 1. The molecule has 100 valence electrons. The van der Waals surface area contributed by atoms with Crippen LogP contribution in [0.4, 0.5) is 0 Å². The number of aromatic amines is 1. The Hall–Kier alpha value is -2.33. The summed E-state index contributed by atoms with van der Waals surface area (Å²) >= 11 is 6.08. The minimum atomic E-state index is -0.178. The summed E-state index contributed by atoms with van der Waals surface area (Å²) in [6.45, 7) is 0.392. The van der Waals surface area contributed by atoms with E-state index in [1.54, 1.807) is 18.3 Å².